The molecule has 0 bridgehead atoms. The molecule has 1 aromatic heterocycles. The zero-order chi connectivity index (χ0) is 22.5. The maximum atomic E-state index is 13.2. The van der Waals surface area contributed by atoms with Gasteiger partial charge in [0, 0.05) is 19.2 Å². The zero-order valence-electron chi connectivity index (χ0n) is 18.2. The Balaban J connectivity index is 1.51. The first kappa shape index (κ1) is 22.5. The number of furan rings is 1. The summed E-state index contributed by atoms with van der Waals surface area (Å²) in [7, 11) is 0. The molecule has 0 aromatic carbocycles. The van der Waals surface area contributed by atoms with Crippen LogP contribution in [0.4, 0.5) is 5.88 Å². The molecule has 0 radical (unpaired) electrons. The summed E-state index contributed by atoms with van der Waals surface area (Å²) in [4.78, 5) is 36.8. The molecule has 1 saturated carbocycles. The summed E-state index contributed by atoms with van der Waals surface area (Å²) in [5.74, 6) is -0.0810. The molecule has 0 atom stereocenters. The molecule has 10 nitrogen and oxygen atoms in total. The maximum absolute atomic E-state index is 13.2. The molecule has 4 rings (SSSR count). The number of morpholine rings is 1. The number of hydrogen-bond donors (Lipinski definition) is 1. The Morgan fingerprint density at radius 2 is 1.97 bits per heavy atom. The highest BCUT2D eigenvalue weighted by atomic mass is 17.2. The molecule has 1 saturated heterocycles. The molecule has 2 aliphatic heterocycles. The van der Waals surface area contributed by atoms with Crippen molar-refractivity contribution in [3.8, 4) is 0 Å². The normalized spacial score (nSPS) is 25.5. The van der Waals surface area contributed by atoms with E-state index in [1.54, 1.807) is 6.08 Å². The number of amides is 1. The second kappa shape index (κ2) is 10.3. The van der Waals surface area contributed by atoms with E-state index in [0.717, 1.165) is 19.0 Å². The van der Waals surface area contributed by atoms with Crippen molar-refractivity contribution in [1.82, 2.24) is 5.01 Å². The summed E-state index contributed by atoms with van der Waals surface area (Å²) >= 11 is 0. The monoisotopic (exact) mass is 447 g/mol. The van der Waals surface area contributed by atoms with Crippen LogP contribution in [0.5, 0.6) is 0 Å². The van der Waals surface area contributed by atoms with Crippen LogP contribution in [-0.4, -0.2) is 73.3 Å². The molecule has 3 aliphatic rings. The molecule has 0 unspecified atom stereocenters. The molecule has 1 aromatic rings. The molecular weight excluding hydrogens is 418 g/mol. The summed E-state index contributed by atoms with van der Waals surface area (Å²) in [5.41, 5.74) is 0.862. The van der Waals surface area contributed by atoms with Crippen molar-refractivity contribution in [1.29, 1.82) is 0 Å². The van der Waals surface area contributed by atoms with Crippen LogP contribution < -0.4 is 4.90 Å². The van der Waals surface area contributed by atoms with Gasteiger partial charge in [-0.3, -0.25) is 9.59 Å². The van der Waals surface area contributed by atoms with Gasteiger partial charge in [0.15, 0.2) is 5.88 Å². The fraction of sp³-hybridized carbons (Fsp3) is 0.591. The number of hydrogen-bond acceptors (Lipinski definition) is 8. The predicted octanol–water partition coefficient (Wildman–Crippen LogP) is 2.31. The fourth-order valence-corrected chi connectivity index (χ4v) is 4.24. The molecule has 32 heavy (non-hydrogen) atoms. The lowest BCUT2D eigenvalue weighted by Crippen LogP contribution is -2.37. The predicted molar refractivity (Wildman–Crippen MR) is 115 cm³/mol. The van der Waals surface area contributed by atoms with Crippen LogP contribution in [0.1, 0.15) is 38.4 Å². The molecule has 1 aliphatic carbocycles. The lowest BCUT2D eigenvalue weighted by atomic mass is 9.86. The van der Waals surface area contributed by atoms with Crippen molar-refractivity contribution in [2.75, 3.05) is 44.4 Å². The third-order valence-electron chi connectivity index (χ3n) is 5.99. The van der Waals surface area contributed by atoms with Gasteiger partial charge in [-0.2, -0.15) is 5.10 Å². The number of nitrogens with zero attached hydrogens (tertiary/aromatic N) is 3. The number of aliphatic carboxylic acids is 1. The summed E-state index contributed by atoms with van der Waals surface area (Å²) in [6.07, 6.45) is 3.94. The topological polar surface area (TPSA) is 114 Å². The highest BCUT2D eigenvalue weighted by Gasteiger charge is 2.38. The number of rotatable bonds is 8. The smallest absolute Gasteiger partial charge is 0.306 e. The number of hydrazone groups is 1. The minimum atomic E-state index is -0.778. The number of carboxylic acids is 1. The van der Waals surface area contributed by atoms with Crippen LogP contribution in [0.3, 0.4) is 0 Å². The van der Waals surface area contributed by atoms with Crippen molar-refractivity contribution >= 4 is 29.5 Å². The number of carbonyl (C=O) groups excluding carboxylic acids is 1. The molecule has 10 heteroatoms. The molecular formula is C22H29N3O7. The molecule has 2 fully saturated rings. The Morgan fingerprint density at radius 3 is 2.66 bits per heavy atom. The first-order valence-electron chi connectivity index (χ1n) is 11.1. The van der Waals surface area contributed by atoms with E-state index in [2.05, 4.69) is 10.0 Å². The molecule has 174 valence electrons. The van der Waals surface area contributed by atoms with Gasteiger partial charge in [0.05, 0.1) is 37.4 Å². The van der Waals surface area contributed by atoms with E-state index in [4.69, 9.17) is 18.9 Å². The van der Waals surface area contributed by atoms with E-state index in [-0.39, 0.29) is 24.5 Å². The first-order valence-corrected chi connectivity index (χ1v) is 11.1. The van der Waals surface area contributed by atoms with Crippen molar-refractivity contribution in [2.24, 2.45) is 11.0 Å². The lowest BCUT2D eigenvalue weighted by Gasteiger charge is -2.30. The second-order valence-electron chi connectivity index (χ2n) is 8.04. The van der Waals surface area contributed by atoms with Crippen LogP contribution in [0.15, 0.2) is 27.2 Å². The van der Waals surface area contributed by atoms with E-state index in [9.17, 15) is 14.7 Å². The molecule has 1 N–H and O–H groups in total. The summed E-state index contributed by atoms with van der Waals surface area (Å²) < 4.78 is 11.3. The van der Waals surface area contributed by atoms with Gasteiger partial charge in [-0.25, -0.2) is 14.8 Å². The van der Waals surface area contributed by atoms with E-state index in [0.29, 0.717) is 62.5 Å². The van der Waals surface area contributed by atoms with Gasteiger partial charge in [0.2, 0.25) is 0 Å². The minimum absolute atomic E-state index is 0.0312. The van der Waals surface area contributed by atoms with Gasteiger partial charge in [-0.05, 0) is 44.7 Å². The quantitative estimate of drug-likeness (QED) is 0.280. The first-order chi connectivity index (χ1) is 15.6. The third kappa shape index (κ3) is 5.03. The molecule has 1 amide bonds. The number of carboxylic acid groups (broad SMARTS) is 1. The van der Waals surface area contributed by atoms with Gasteiger partial charge in [0.1, 0.15) is 18.1 Å². The van der Waals surface area contributed by atoms with Gasteiger partial charge in [0.25, 0.3) is 5.91 Å². The maximum Gasteiger partial charge on any atom is 0.306 e. The Bertz CT molecular complexity index is 880. The Morgan fingerprint density at radius 1 is 1.22 bits per heavy atom. The Labute approximate surface area is 186 Å². The number of ether oxygens (including phenoxy) is 1. The van der Waals surface area contributed by atoms with Crippen molar-refractivity contribution in [3.05, 3.63) is 23.5 Å². The molecule has 0 spiro atoms. The van der Waals surface area contributed by atoms with Crippen molar-refractivity contribution in [2.45, 2.75) is 38.6 Å². The second-order valence-corrected chi connectivity index (χ2v) is 8.04. The van der Waals surface area contributed by atoms with Gasteiger partial charge in [-0.1, -0.05) is 0 Å². The van der Waals surface area contributed by atoms with Crippen LogP contribution in [0.25, 0.3) is 6.08 Å². The average Bonchev–Trinajstić information content (AvgIpc) is 3.40. The Hall–Kier alpha value is -2.69. The van der Waals surface area contributed by atoms with Crippen LogP contribution in [-0.2, 0) is 24.1 Å². The zero-order valence-corrected chi connectivity index (χ0v) is 18.2. The summed E-state index contributed by atoms with van der Waals surface area (Å²) in [6, 6.07) is 3.58. The Kier molecular flexibility index (Phi) is 7.23. The number of anilines is 1. The molecule has 3 heterocycles. The van der Waals surface area contributed by atoms with Crippen LogP contribution in [0, 0.1) is 5.92 Å². The standard InChI is InChI=1S/C22H29N3O7/c1-2-30-31-14-19-18(13-17-7-8-20(32-17)24-9-11-29-12-10-24)21(26)25(23-19)16-5-3-15(4-6-16)22(27)28/h7-8,13,15-16H,2-6,9-12,14H2,1H3,(H,27,28). The van der Waals surface area contributed by atoms with E-state index in [1.165, 1.54) is 5.01 Å². The highest BCUT2D eigenvalue weighted by Crippen LogP contribution is 2.32. The lowest BCUT2D eigenvalue weighted by molar-refractivity contribution is -0.279. The van der Waals surface area contributed by atoms with Crippen LogP contribution in [0.2, 0.25) is 0 Å². The van der Waals surface area contributed by atoms with E-state index >= 15 is 0 Å². The highest BCUT2D eigenvalue weighted by molar-refractivity contribution is 6.27. The summed E-state index contributed by atoms with van der Waals surface area (Å²) in [5, 5.41) is 15.2. The van der Waals surface area contributed by atoms with Crippen molar-refractivity contribution < 1.29 is 33.6 Å². The fourth-order valence-electron chi connectivity index (χ4n) is 4.24. The SMILES string of the molecule is CCOOCC1=NN(C2CCC(C(=O)O)CC2)C(=O)C1=Cc1ccc(N2CCOCC2)o1. The van der Waals surface area contributed by atoms with Gasteiger partial charge < -0.3 is 19.2 Å². The number of carbonyl (C=O) groups is 2. The van der Waals surface area contributed by atoms with Gasteiger partial charge in [-0.15, -0.1) is 0 Å². The average molecular weight is 447 g/mol. The third-order valence-corrected chi connectivity index (χ3v) is 5.99. The minimum Gasteiger partial charge on any atom is -0.481 e. The van der Waals surface area contributed by atoms with Crippen molar-refractivity contribution in [3.63, 3.8) is 0 Å². The largest absolute Gasteiger partial charge is 0.481 e. The van der Waals surface area contributed by atoms with E-state index in [1.807, 2.05) is 19.1 Å². The van der Waals surface area contributed by atoms with Gasteiger partial charge >= 0.3 is 5.97 Å². The summed E-state index contributed by atoms with van der Waals surface area (Å²) in [6.45, 7) is 5.03. The van der Waals surface area contributed by atoms with E-state index < -0.39 is 5.97 Å². The van der Waals surface area contributed by atoms with Crippen LogP contribution >= 0.6 is 0 Å².